The van der Waals surface area contributed by atoms with Crippen LogP contribution in [0.2, 0.25) is 0 Å². The summed E-state index contributed by atoms with van der Waals surface area (Å²) in [6.07, 6.45) is 3.26. The van der Waals surface area contributed by atoms with E-state index in [1.165, 1.54) is 6.92 Å². The lowest BCUT2D eigenvalue weighted by Crippen LogP contribution is -2.42. The van der Waals surface area contributed by atoms with Gasteiger partial charge < -0.3 is 29.6 Å². The molecular weight excluding hydrogens is 586 g/mol. The predicted molar refractivity (Wildman–Crippen MR) is 171 cm³/mol. The van der Waals surface area contributed by atoms with Crippen molar-refractivity contribution < 1.29 is 28.3 Å². The zero-order chi connectivity index (χ0) is 32.0. The van der Waals surface area contributed by atoms with Gasteiger partial charge in [-0.3, -0.25) is 14.4 Å². The summed E-state index contributed by atoms with van der Waals surface area (Å²) in [6.45, 7) is 3.06. The largest absolute Gasteiger partial charge is 0.445 e. The van der Waals surface area contributed by atoms with Crippen molar-refractivity contribution in [3.63, 3.8) is 0 Å². The standard InChI is InChI=1S/C35H35N5O6/c1-23(41)40-18-5-8-30(40)33(43)38-29-13-9-25(10-14-29)31-20-36-34(46-31)26-11-15-28(16-12-26)37-32(42)27-17-19-39(21-27)35(44)45-22-24-6-3-2-4-7-24/h2-4,6-7,9-16,20,27,30H,5,8,17-19,21-22H2,1H3,(H,37,42)(H,38,43)/t27?,30-/m1/s1. The molecule has 11 nitrogen and oxygen atoms in total. The van der Waals surface area contributed by atoms with Crippen LogP contribution in [0, 0.1) is 5.92 Å². The summed E-state index contributed by atoms with van der Waals surface area (Å²) in [5.41, 5.74) is 3.71. The monoisotopic (exact) mass is 621 g/mol. The van der Waals surface area contributed by atoms with Crippen LogP contribution < -0.4 is 10.6 Å². The first-order chi connectivity index (χ1) is 22.3. The van der Waals surface area contributed by atoms with Crippen LogP contribution in [0.25, 0.3) is 22.8 Å². The number of carbonyl (C=O) groups excluding carboxylic acids is 4. The number of oxazole rings is 1. The summed E-state index contributed by atoms with van der Waals surface area (Å²) >= 11 is 0. The second-order valence-corrected chi connectivity index (χ2v) is 11.5. The highest BCUT2D eigenvalue weighted by Crippen LogP contribution is 2.29. The first-order valence-electron chi connectivity index (χ1n) is 15.4. The Labute approximate surface area is 266 Å². The van der Waals surface area contributed by atoms with Gasteiger partial charge in [-0.25, -0.2) is 9.78 Å². The molecule has 3 heterocycles. The van der Waals surface area contributed by atoms with E-state index in [4.69, 9.17) is 9.15 Å². The molecule has 236 valence electrons. The molecule has 11 heteroatoms. The lowest BCUT2D eigenvalue weighted by atomic mass is 10.1. The molecule has 1 unspecified atom stereocenters. The molecule has 46 heavy (non-hydrogen) atoms. The maximum Gasteiger partial charge on any atom is 0.410 e. The second-order valence-electron chi connectivity index (χ2n) is 11.5. The highest BCUT2D eigenvalue weighted by atomic mass is 16.6. The third-order valence-corrected chi connectivity index (χ3v) is 8.32. The summed E-state index contributed by atoms with van der Waals surface area (Å²) in [4.78, 5) is 57.5. The third kappa shape index (κ3) is 7.09. The van der Waals surface area contributed by atoms with E-state index in [1.807, 2.05) is 54.6 Å². The maximum atomic E-state index is 12.9. The SMILES string of the molecule is CC(=O)N1CCC[C@@H]1C(=O)Nc1ccc(-c2cnc(-c3ccc(NC(=O)C4CCN(C(=O)OCc5ccccc5)C4)cc3)o2)cc1. The molecule has 2 saturated heterocycles. The summed E-state index contributed by atoms with van der Waals surface area (Å²) in [5, 5.41) is 5.84. The fraction of sp³-hybridized carbons (Fsp3) is 0.286. The summed E-state index contributed by atoms with van der Waals surface area (Å²) < 4.78 is 11.4. The maximum absolute atomic E-state index is 12.9. The van der Waals surface area contributed by atoms with Crippen molar-refractivity contribution in [2.45, 2.75) is 38.8 Å². The van der Waals surface area contributed by atoms with Gasteiger partial charge in [0.25, 0.3) is 0 Å². The first kappa shape index (κ1) is 30.6. The molecule has 2 aliphatic heterocycles. The zero-order valence-corrected chi connectivity index (χ0v) is 25.5. The number of carbonyl (C=O) groups is 4. The molecule has 3 aromatic carbocycles. The number of benzene rings is 3. The van der Waals surface area contributed by atoms with E-state index in [9.17, 15) is 19.2 Å². The summed E-state index contributed by atoms with van der Waals surface area (Å²) in [7, 11) is 0. The van der Waals surface area contributed by atoms with Crippen LogP contribution in [0.4, 0.5) is 16.2 Å². The van der Waals surface area contributed by atoms with Gasteiger partial charge in [0.1, 0.15) is 12.6 Å². The average Bonchev–Trinajstić information content (AvgIpc) is 3.86. The van der Waals surface area contributed by atoms with E-state index in [1.54, 1.807) is 40.3 Å². The molecule has 4 amide bonds. The highest BCUT2D eigenvalue weighted by Gasteiger charge is 2.33. The molecule has 0 radical (unpaired) electrons. The minimum atomic E-state index is -0.442. The molecule has 0 bridgehead atoms. The van der Waals surface area contributed by atoms with Gasteiger partial charge in [-0.05, 0) is 73.4 Å². The van der Waals surface area contributed by atoms with Crippen molar-refractivity contribution in [1.82, 2.24) is 14.8 Å². The van der Waals surface area contributed by atoms with Gasteiger partial charge >= 0.3 is 6.09 Å². The molecule has 2 N–H and O–H groups in total. The molecule has 6 rings (SSSR count). The Kier molecular flexibility index (Phi) is 9.09. The quantitative estimate of drug-likeness (QED) is 0.263. The first-order valence-corrected chi connectivity index (χ1v) is 15.4. The van der Waals surface area contributed by atoms with Gasteiger partial charge in [0, 0.05) is 49.1 Å². The average molecular weight is 622 g/mol. The predicted octanol–water partition coefficient (Wildman–Crippen LogP) is 5.56. The topological polar surface area (TPSA) is 134 Å². The smallest absolute Gasteiger partial charge is 0.410 e. The molecule has 0 aliphatic carbocycles. The van der Waals surface area contributed by atoms with Crippen LogP contribution in [0.5, 0.6) is 0 Å². The lowest BCUT2D eigenvalue weighted by molar-refractivity contribution is -0.134. The lowest BCUT2D eigenvalue weighted by Gasteiger charge is -2.22. The van der Waals surface area contributed by atoms with Crippen molar-refractivity contribution in [2.75, 3.05) is 30.3 Å². The number of aromatic nitrogens is 1. The molecule has 4 aromatic rings. The fourth-order valence-corrected chi connectivity index (χ4v) is 5.79. The van der Waals surface area contributed by atoms with Gasteiger partial charge in [0.05, 0.1) is 12.1 Å². The highest BCUT2D eigenvalue weighted by molar-refractivity contribution is 5.97. The van der Waals surface area contributed by atoms with E-state index in [-0.39, 0.29) is 30.2 Å². The number of rotatable bonds is 8. The number of hydrogen-bond donors (Lipinski definition) is 2. The van der Waals surface area contributed by atoms with Gasteiger partial charge in [-0.2, -0.15) is 0 Å². The Balaban J connectivity index is 0.994. The van der Waals surface area contributed by atoms with Crippen molar-refractivity contribution in [3.05, 3.63) is 90.6 Å². The van der Waals surface area contributed by atoms with E-state index < -0.39 is 12.1 Å². The van der Waals surface area contributed by atoms with Crippen LogP contribution in [0.1, 0.15) is 31.7 Å². The molecule has 0 saturated carbocycles. The number of nitrogens with one attached hydrogen (secondary N) is 2. The second kappa shape index (κ2) is 13.7. The van der Waals surface area contributed by atoms with E-state index in [2.05, 4.69) is 15.6 Å². The van der Waals surface area contributed by atoms with Crippen molar-refractivity contribution >= 4 is 35.2 Å². The Bertz CT molecular complexity index is 1700. The van der Waals surface area contributed by atoms with Gasteiger partial charge in [0.15, 0.2) is 5.76 Å². The number of anilines is 2. The number of amides is 4. The van der Waals surface area contributed by atoms with Crippen LogP contribution >= 0.6 is 0 Å². The van der Waals surface area contributed by atoms with Crippen LogP contribution in [-0.4, -0.2) is 64.3 Å². The molecule has 1 aromatic heterocycles. The molecule has 0 spiro atoms. The molecule has 2 fully saturated rings. The number of ether oxygens (including phenoxy) is 1. The number of nitrogens with zero attached hydrogens (tertiary/aromatic N) is 3. The molecule has 2 aliphatic rings. The van der Waals surface area contributed by atoms with E-state index in [0.717, 1.165) is 23.1 Å². The molecule has 2 atom stereocenters. The summed E-state index contributed by atoms with van der Waals surface area (Å²) in [6, 6.07) is 23.5. The Morgan fingerprint density at radius 1 is 0.848 bits per heavy atom. The van der Waals surface area contributed by atoms with Crippen molar-refractivity contribution in [1.29, 1.82) is 0 Å². The van der Waals surface area contributed by atoms with Gasteiger partial charge in [0.2, 0.25) is 23.6 Å². The zero-order valence-electron chi connectivity index (χ0n) is 25.5. The normalized spacial score (nSPS) is 17.5. The van der Waals surface area contributed by atoms with Crippen LogP contribution in [0.15, 0.2) is 89.5 Å². The van der Waals surface area contributed by atoms with Crippen molar-refractivity contribution in [2.24, 2.45) is 5.92 Å². The fourth-order valence-electron chi connectivity index (χ4n) is 5.79. The summed E-state index contributed by atoms with van der Waals surface area (Å²) in [5.74, 6) is 0.239. The van der Waals surface area contributed by atoms with Gasteiger partial charge in [-0.15, -0.1) is 0 Å². The number of hydrogen-bond acceptors (Lipinski definition) is 7. The Morgan fingerprint density at radius 2 is 1.52 bits per heavy atom. The van der Waals surface area contributed by atoms with Crippen LogP contribution in [-0.2, 0) is 25.7 Å². The molecular formula is C35H35N5O6. The minimum Gasteiger partial charge on any atom is -0.445 e. The minimum absolute atomic E-state index is 0.0930. The van der Waals surface area contributed by atoms with Gasteiger partial charge in [-0.1, -0.05) is 30.3 Å². The number of likely N-dealkylation sites (tertiary alicyclic amines) is 2. The Hall–Kier alpha value is -5.45. The van der Waals surface area contributed by atoms with Crippen molar-refractivity contribution in [3.8, 4) is 22.8 Å². The van der Waals surface area contributed by atoms with Crippen LogP contribution in [0.3, 0.4) is 0 Å². The third-order valence-electron chi connectivity index (χ3n) is 8.32. The van der Waals surface area contributed by atoms with E-state index >= 15 is 0 Å². The van der Waals surface area contributed by atoms with E-state index in [0.29, 0.717) is 55.5 Å². The Morgan fingerprint density at radius 3 is 2.22 bits per heavy atom.